The van der Waals surface area contributed by atoms with Gasteiger partial charge in [0.2, 0.25) is 0 Å². The fourth-order valence-corrected chi connectivity index (χ4v) is 2.33. The molecule has 3 heterocycles. The molecule has 3 rings (SSSR count). The number of hydrogen-bond acceptors (Lipinski definition) is 13. The van der Waals surface area contributed by atoms with E-state index in [0.29, 0.717) is 0 Å². The molecule has 3 aromatic rings. The van der Waals surface area contributed by atoms with Gasteiger partial charge in [0.25, 0.3) is 0 Å². The van der Waals surface area contributed by atoms with Gasteiger partial charge in [-0.2, -0.15) is 39.5 Å². The first-order valence-corrected chi connectivity index (χ1v) is 15.4. The Morgan fingerprint density at radius 2 is 0.681 bits per heavy atom. The van der Waals surface area contributed by atoms with E-state index in [0.717, 1.165) is 36.7 Å². The third-order valence-electron chi connectivity index (χ3n) is 4.19. The molecule has 0 aliphatic rings. The molecule has 47 heavy (non-hydrogen) atoms. The predicted octanol–water partition coefficient (Wildman–Crippen LogP) is 3.23. The van der Waals surface area contributed by atoms with Crippen LogP contribution in [0, 0.1) is 0 Å². The summed E-state index contributed by atoms with van der Waals surface area (Å²) in [5, 5.41) is 0. The Balaban J connectivity index is 0. The third kappa shape index (κ3) is 20.2. The SMILES string of the molecule is O=S(=O)([O-])C(F)(F)F.O=S(=O)([O-])C(F)(F)F.O=S(=O)([O-])C(F)(F)F.[Os].c1ccc(CN(Cc2ccccn2)Cc2ccccn2)nc1. The first-order chi connectivity index (χ1) is 20.6. The van der Waals surface area contributed by atoms with Gasteiger partial charge in [-0.05, 0) is 36.4 Å². The van der Waals surface area contributed by atoms with Gasteiger partial charge in [0.05, 0.1) is 17.1 Å². The van der Waals surface area contributed by atoms with E-state index < -0.39 is 46.9 Å². The van der Waals surface area contributed by atoms with Gasteiger partial charge in [-0.1, -0.05) is 18.2 Å². The van der Waals surface area contributed by atoms with Crippen LogP contribution in [-0.2, 0) is 69.8 Å². The van der Waals surface area contributed by atoms with Gasteiger partial charge in [-0.25, -0.2) is 25.3 Å². The van der Waals surface area contributed by atoms with E-state index in [9.17, 15) is 39.5 Å². The molecule has 0 aromatic carbocycles. The molecule has 0 saturated heterocycles. The largest absolute Gasteiger partial charge is 0.741 e. The normalized spacial score (nSPS) is 12.2. The summed E-state index contributed by atoms with van der Waals surface area (Å²) >= 11 is 0. The fourth-order valence-electron chi connectivity index (χ4n) is 2.33. The minimum absolute atomic E-state index is 0. The molecule has 0 unspecified atom stereocenters. The molecule has 13 nitrogen and oxygen atoms in total. The summed E-state index contributed by atoms with van der Waals surface area (Å²) in [4.78, 5) is 15.6. The summed E-state index contributed by atoms with van der Waals surface area (Å²) in [6, 6.07) is 18.0. The number of aromatic nitrogens is 3. The van der Waals surface area contributed by atoms with Crippen LogP contribution in [0.1, 0.15) is 17.1 Å². The first-order valence-electron chi connectivity index (χ1n) is 11.1. The Hall–Kier alpha value is -2.85. The molecule has 0 radical (unpaired) electrons. The van der Waals surface area contributed by atoms with Crippen molar-refractivity contribution < 1.29 is 98.2 Å². The van der Waals surface area contributed by atoms with Crippen molar-refractivity contribution in [1.82, 2.24) is 19.9 Å². The molecule has 0 N–H and O–H groups in total. The standard InChI is InChI=1S/C18H18N4.3CHF3O3S.Os/c1-4-10-19-16(7-1)13-22(14-17-8-2-5-11-20-17)15-18-9-3-6-12-21-18;3*2-1(3,4)8(5,6)7;/h1-12H,13-15H2;3*(H,5,6,7);/p-3. The van der Waals surface area contributed by atoms with E-state index in [-0.39, 0.29) is 19.8 Å². The van der Waals surface area contributed by atoms with Crippen LogP contribution in [0.25, 0.3) is 0 Å². The topological polar surface area (TPSA) is 214 Å². The average Bonchev–Trinajstić information content (AvgIpc) is 2.88. The van der Waals surface area contributed by atoms with Crippen LogP contribution < -0.4 is 0 Å². The third-order valence-corrected chi connectivity index (χ3v) is 5.89. The second-order valence-corrected chi connectivity index (χ2v) is 11.9. The van der Waals surface area contributed by atoms with Gasteiger partial charge in [-0.3, -0.25) is 19.9 Å². The van der Waals surface area contributed by atoms with Crippen molar-refractivity contribution in [2.45, 2.75) is 36.2 Å². The summed E-state index contributed by atoms with van der Waals surface area (Å²) < 4.78 is 177. The van der Waals surface area contributed by atoms with Crippen molar-refractivity contribution in [2.24, 2.45) is 0 Å². The smallest absolute Gasteiger partial charge is 0.485 e. The van der Waals surface area contributed by atoms with E-state index in [4.69, 9.17) is 38.9 Å². The second kappa shape index (κ2) is 19.2. The Labute approximate surface area is 274 Å². The molecule has 0 aliphatic carbocycles. The van der Waals surface area contributed by atoms with Crippen molar-refractivity contribution in [3.8, 4) is 0 Å². The summed E-state index contributed by atoms with van der Waals surface area (Å²) in [7, 11) is -18.3. The number of nitrogens with zero attached hydrogens (tertiary/aromatic N) is 4. The number of rotatable bonds is 6. The summed E-state index contributed by atoms with van der Waals surface area (Å²) in [5.41, 5.74) is -13.8. The van der Waals surface area contributed by atoms with Crippen molar-refractivity contribution >= 4 is 30.4 Å². The molecule has 0 aliphatic heterocycles. The number of alkyl halides is 9. The molecule has 0 spiro atoms. The van der Waals surface area contributed by atoms with Gasteiger partial charge >= 0.3 is 16.5 Å². The van der Waals surface area contributed by atoms with E-state index in [1.165, 1.54) is 0 Å². The van der Waals surface area contributed by atoms with E-state index >= 15 is 0 Å². The van der Waals surface area contributed by atoms with Crippen LogP contribution in [-0.4, -0.2) is 75.3 Å². The van der Waals surface area contributed by atoms with Crippen LogP contribution in [0.3, 0.4) is 0 Å². The zero-order valence-electron chi connectivity index (χ0n) is 22.5. The Morgan fingerprint density at radius 1 is 0.489 bits per heavy atom. The summed E-state index contributed by atoms with van der Waals surface area (Å²) in [6.45, 7) is 2.32. The fraction of sp³-hybridized carbons (Fsp3) is 0.286. The molecular formula is C21H18F9N4O9OsS3-3. The molecular weight excluding hydrogens is 910 g/mol. The van der Waals surface area contributed by atoms with Crippen LogP contribution in [0.5, 0.6) is 0 Å². The van der Waals surface area contributed by atoms with Gasteiger partial charge in [0, 0.05) is 58.0 Å². The molecule has 0 amide bonds. The minimum Gasteiger partial charge on any atom is -0.741 e. The number of halogens is 9. The summed E-state index contributed by atoms with van der Waals surface area (Å²) in [6.07, 6.45) is 5.49. The molecule has 0 atom stereocenters. The first kappa shape index (κ1) is 46.3. The van der Waals surface area contributed by atoms with Crippen LogP contribution in [0.4, 0.5) is 39.5 Å². The minimum atomic E-state index is -6.09. The van der Waals surface area contributed by atoms with E-state index in [1.807, 2.05) is 73.2 Å². The van der Waals surface area contributed by atoms with Gasteiger partial charge in [-0.15, -0.1) is 0 Å². The maximum atomic E-state index is 10.7. The van der Waals surface area contributed by atoms with Crippen molar-refractivity contribution in [1.29, 1.82) is 0 Å². The molecule has 3 aromatic heterocycles. The predicted molar refractivity (Wildman–Crippen MR) is 133 cm³/mol. The number of pyridine rings is 3. The van der Waals surface area contributed by atoms with Crippen LogP contribution in [0.2, 0.25) is 0 Å². The Morgan fingerprint density at radius 3 is 0.809 bits per heavy atom. The van der Waals surface area contributed by atoms with Gasteiger partial charge in [0.1, 0.15) is 0 Å². The monoisotopic (exact) mass is 929 g/mol. The Kier molecular flexibility index (Phi) is 18.9. The van der Waals surface area contributed by atoms with Crippen molar-refractivity contribution in [3.63, 3.8) is 0 Å². The van der Waals surface area contributed by atoms with Gasteiger partial charge in [0.15, 0.2) is 30.4 Å². The molecule has 0 saturated carbocycles. The maximum Gasteiger partial charge on any atom is 0.485 e. The van der Waals surface area contributed by atoms with E-state index in [1.54, 1.807) is 0 Å². The quantitative estimate of drug-likeness (QED) is 0.198. The van der Waals surface area contributed by atoms with E-state index in [2.05, 4.69) is 19.9 Å². The molecule has 0 bridgehead atoms. The second-order valence-electron chi connectivity index (χ2n) is 7.81. The van der Waals surface area contributed by atoms with Gasteiger partial charge < -0.3 is 13.7 Å². The molecule has 0 fully saturated rings. The zero-order valence-corrected chi connectivity index (χ0v) is 27.5. The van der Waals surface area contributed by atoms with Crippen LogP contribution in [0.15, 0.2) is 73.2 Å². The molecule has 268 valence electrons. The average molecular weight is 928 g/mol. The van der Waals surface area contributed by atoms with Crippen molar-refractivity contribution in [2.75, 3.05) is 0 Å². The van der Waals surface area contributed by atoms with Crippen LogP contribution >= 0.6 is 0 Å². The van der Waals surface area contributed by atoms with Crippen molar-refractivity contribution in [3.05, 3.63) is 90.3 Å². The Bertz CT molecular complexity index is 1450. The zero-order chi connectivity index (χ0) is 36.0. The molecule has 26 heteroatoms. The maximum absolute atomic E-state index is 10.7. The summed E-state index contributed by atoms with van der Waals surface area (Å²) in [5.74, 6) is 0. The number of hydrogen-bond donors (Lipinski definition) is 0.